The van der Waals surface area contributed by atoms with Crippen LogP contribution in [0.15, 0.2) is 60.8 Å². The van der Waals surface area contributed by atoms with Gasteiger partial charge in [-0.25, -0.2) is 27.4 Å². The SMILES string of the molecule is CC(C)(C)OC(=O)N1CC(N(C(=O)OC(C)(C)C)c2ccc(Oc3c(-c4ccc(F)cc4C(C)(F)F)sc4c3ccc3c4cnn3C3CCCCO3)cc2)C1. The molecule has 5 aromatic rings. The Morgan fingerprint density at radius 3 is 2.25 bits per heavy atom. The maximum atomic E-state index is 15.1. The number of nitrogens with zero attached hydrogens (tertiary/aromatic N) is 4. The third-order valence-corrected chi connectivity index (χ3v) is 10.6. The lowest BCUT2D eigenvalue weighted by Gasteiger charge is -2.45. The van der Waals surface area contributed by atoms with Gasteiger partial charge in [0.15, 0.2) is 12.0 Å². The number of likely N-dealkylation sites (tertiary alicyclic amines) is 1. The van der Waals surface area contributed by atoms with Crippen molar-refractivity contribution in [3.63, 3.8) is 0 Å². The minimum absolute atomic E-state index is 0.147. The highest BCUT2D eigenvalue weighted by Gasteiger charge is 2.41. The van der Waals surface area contributed by atoms with Gasteiger partial charge >= 0.3 is 12.2 Å². The van der Waals surface area contributed by atoms with Crippen LogP contribution in [0.25, 0.3) is 31.4 Å². The fourth-order valence-electron chi connectivity index (χ4n) is 6.82. The van der Waals surface area contributed by atoms with E-state index in [4.69, 9.17) is 18.9 Å². The largest absolute Gasteiger partial charge is 0.455 e. The van der Waals surface area contributed by atoms with E-state index in [9.17, 15) is 14.0 Å². The highest BCUT2D eigenvalue weighted by atomic mass is 32.1. The predicted molar refractivity (Wildman–Crippen MR) is 206 cm³/mol. The zero-order valence-electron chi connectivity index (χ0n) is 32.0. The minimum atomic E-state index is -3.35. The number of hydrogen-bond donors (Lipinski definition) is 0. The molecule has 0 spiro atoms. The molecule has 14 heteroatoms. The molecule has 2 aliphatic heterocycles. The second-order valence-corrected chi connectivity index (χ2v) is 17.1. The number of carbonyl (C=O) groups excluding carboxylic acids is 2. The van der Waals surface area contributed by atoms with E-state index in [0.29, 0.717) is 34.1 Å². The second kappa shape index (κ2) is 14.4. The Morgan fingerprint density at radius 1 is 0.909 bits per heavy atom. The first kappa shape index (κ1) is 38.5. The number of alkyl halides is 2. The average molecular weight is 779 g/mol. The van der Waals surface area contributed by atoms with Crippen molar-refractivity contribution < 1.29 is 41.7 Å². The third kappa shape index (κ3) is 8.11. The van der Waals surface area contributed by atoms with Crippen LogP contribution < -0.4 is 9.64 Å². The van der Waals surface area contributed by atoms with E-state index in [1.807, 2.05) is 16.8 Å². The van der Waals surface area contributed by atoms with Crippen LogP contribution in [0, 0.1) is 5.82 Å². The van der Waals surface area contributed by atoms with Crippen molar-refractivity contribution in [2.45, 2.75) is 97.1 Å². The molecule has 2 aliphatic rings. The molecule has 4 heterocycles. The number of aromatic nitrogens is 2. The predicted octanol–water partition coefficient (Wildman–Crippen LogP) is 11.0. The van der Waals surface area contributed by atoms with E-state index in [2.05, 4.69) is 5.10 Å². The average Bonchev–Trinajstić information content (AvgIpc) is 3.67. The molecule has 3 aromatic carbocycles. The lowest BCUT2D eigenvalue weighted by Crippen LogP contribution is -2.63. The lowest BCUT2D eigenvalue weighted by atomic mass is 10.00. The Bertz CT molecular complexity index is 2220. The molecular weight excluding hydrogens is 734 g/mol. The normalized spacial score (nSPS) is 17.0. The van der Waals surface area contributed by atoms with Crippen molar-refractivity contribution in [1.29, 1.82) is 0 Å². The number of carbonyl (C=O) groups is 2. The Hall–Kier alpha value is -4.82. The minimum Gasteiger partial charge on any atom is -0.455 e. The Morgan fingerprint density at radius 2 is 1.62 bits per heavy atom. The Balaban J connectivity index is 1.26. The van der Waals surface area contributed by atoms with Crippen LogP contribution in [0.4, 0.5) is 28.4 Å². The van der Waals surface area contributed by atoms with Gasteiger partial charge < -0.3 is 23.8 Å². The lowest BCUT2D eigenvalue weighted by molar-refractivity contribution is -0.0366. The second-order valence-electron chi connectivity index (χ2n) is 16.1. The van der Waals surface area contributed by atoms with Gasteiger partial charge in [-0.05, 0) is 109 Å². The molecular formula is C41H45F3N4O6S. The summed E-state index contributed by atoms with van der Waals surface area (Å²) in [7, 11) is 0. The van der Waals surface area contributed by atoms with Gasteiger partial charge in [0.2, 0.25) is 0 Å². The first-order valence-electron chi connectivity index (χ1n) is 18.4. The maximum absolute atomic E-state index is 15.1. The molecule has 2 aromatic heterocycles. The molecule has 0 aliphatic carbocycles. The molecule has 1 atom stereocenters. The number of thiophene rings is 1. The number of rotatable bonds is 7. The summed E-state index contributed by atoms with van der Waals surface area (Å²) in [4.78, 5) is 29.7. The summed E-state index contributed by atoms with van der Waals surface area (Å²) < 4.78 is 71.1. The maximum Gasteiger partial charge on any atom is 0.415 e. The molecule has 0 saturated carbocycles. The van der Waals surface area contributed by atoms with Crippen LogP contribution in [0.2, 0.25) is 0 Å². The molecule has 2 amide bonds. The van der Waals surface area contributed by atoms with Gasteiger partial charge in [0, 0.05) is 58.9 Å². The van der Waals surface area contributed by atoms with E-state index < -0.39 is 40.7 Å². The van der Waals surface area contributed by atoms with E-state index in [-0.39, 0.29) is 30.9 Å². The zero-order chi connectivity index (χ0) is 39.4. The quantitative estimate of drug-likeness (QED) is 0.162. The molecule has 2 fully saturated rings. The van der Waals surface area contributed by atoms with E-state index in [1.54, 1.807) is 72.0 Å². The van der Waals surface area contributed by atoms with Gasteiger partial charge in [-0.3, -0.25) is 4.90 Å². The summed E-state index contributed by atoms with van der Waals surface area (Å²) >= 11 is 1.27. The number of fused-ring (bicyclic) bond motifs is 3. The summed E-state index contributed by atoms with van der Waals surface area (Å²) in [5, 5.41) is 6.15. The van der Waals surface area contributed by atoms with Gasteiger partial charge in [0.25, 0.3) is 5.92 Å². The molecule has 10 nitrogen and oxygen atoms in total. The molecule has 0 N–H and O–H groups in total. The summed E-state index contributed by atoms with van der Waals surface area (Å²) in [5.41, 5.74) is -0.403. The van der Waals surface area contributed by atoms with Crippen LogP contribution >= 0.6 is 11.3 Å². The molecule has 7 rings (SSSR count). The van der Waals surface area contributed by atoms with Crippen LogP contribution in [0.3, 0.4) is 0 Å². The van der Waals surface area contributed by atoms with E-state index in [1.165, 1.54) is 27.2 Å². The Labute approximate surface area is 321 Å². The highest BCUT2D eigenvalue weighted by molar-refractivity contribution is 7.23. The van der Waals surface area contributed by atoms with Crippen molar-refractivity contribution in [2.24, 2.45) is 0 Å². The number of halogens is 3. The fourth-order valence-corrected chi connectivity index (χ4v) is 8.10. The van der Waals surface area contributed by atoms with Crippen molar-refractivity contribution in [3.8, 4) is 21.9 Å². The van der Waals surface area contributed by atoms with E-state index >= 15 is 8.78 Å². The van der Waals surface area contributed by atoms with Crippen LogP contribution in [0.1, 0.15) is 79.5 Å². The smallest absolute Gasteiger partial charge is 0.415 e. The Kier molecular flexibility index (Phi) is 10.0. The van der Waals surface area contributed by atoms with Crippen molar-refractivity contribution in [3.05, 3.63) is 72.2 Å². The third-order valence-electron chi connectivity index (χ3n) is 9.32. The summed E-state index contributed by atoms with van der Waals surface area (Å²) in [6, 6.07) is 13.6. The first-order chi connectivity index (χ1) is 25.9. The fraction of sp³-hybridized carbons (Fsp3) is 0.439. The molecule has 55 heavy (non-hydrogen) atoms. The topological polar surface area (TPSA) is 95.4 Å². The number of ether oxygens (including phenoxy) is 4. The van der Waals surface area contributed by atoms with Gasteiger partial charge in [-0.1, -0.05) is 6.07 Å². The number of amides is 2. The van der Waals surface area contributed by atoms with Crippen LogP contribution in [0.5, 0.6) is 11.5 Å². The zero-order valence-corrected chi connectivity index (χ0v) is 32.8. The van der Waals surface area contributed by atoms with Crippen LogP contribution in [-0.2, 0) is 20.1 Å². The number of hydrogen-bond acceptors (Lipinski definition) is 8. The molecule has 2 saturated heterocycles. The number of anilines is 1. The number of benzene rings is 3. The van der Waals surface area contributed by atoms with Crippen LogP contribution in [-0.4, -0.2) is 63.8 Å². The van der Waals surface area contributed by atoms with Gasteiger partial charge in [0.05, 0.1) is 22.6 Å². The highest BCUT2D eigenvalue weighted by Crippen LogP contribution is 2.51. The summed E-state index contributed by atoms with van der Waals surface area (Å²) in [5.74, 6) is -3.43. The summed E-state index contributed by atoms with van der Waals surface area (Å²) in [6.07, 6.45) is 3.34. The van der Waals surface area contributed by atoms with Gasteiger partial charge in [0.1, 0.15) is 22.8 Å². The van der Waals surface area contributed by atoms with Crippen molar-refractivity contribution >= 4 is 50.2 Å². The summed E-state index contributed by atoms with van der Waals surface area (Å²) in [6.45, 7) is 12.6. The molecule has 1 unspecified atom stereocenters. The molecule has 0 radical (unpaired) electrons. The van der Waals surface area contributed by atoms with E-state index in [0.717, 1.165) is 53.9 Å². The standard InChI is InChI=1S/C41H45F3N4O6S/c1-39(2,3)53-37(49)46-22-26(23-46)47(38(50)54-40(4,5)6)25-12-14-27(15-13-25)52-34-29-17-18-32-30(21-45-48(32)33-10-8-9-19-51-33)35(29)55-36(34)28-16-11-24(42)20-31(28)41(7,43)44/h11-18,20-21,26,33H,8-10,19,22-23H2,1-7H3. The van der Waals surface area contributed by atoms with Gasteiger partial charge in [-0.15, -0.1) is 11.3 Å². The monoisotopic (exact) mass is 778 g/mol. The van der Waals surface area contributed by atoms with Crippen molar-refractivity contribution in [2.75, 3.05) is 24.6 Å². The molecule has 292 valence electrons. The van der Waals surface area contributed by atoms with Crippen molar-refractivity contribution in [1.82, 2.24) is 14.7 Å². The van der Waals surface area contributed by atoms with Gasteiger partial charge in [-0.2, -0.15) is 5.10 Å². The first-order valence-corrected chi connectivity index (χ1v) is 19.2. The molecule has 0 bridgehead atoms.